The molecule has 6 heteroatoms. The lowest BCUT2D eigenvalue weighted by Crippen LogP contribution is -2.23. The molecule has 2 unspecified atom stereocenters. The Bertz CT molecular complexity index is 505. The van der Waals surface area contributed by atoms with Crippen LogP contribution in [0.25, 0.3) is 0 Å². The van der Waals surface area contributed by atoms with Crippen molar-refractivity contribution < 1.29 is 15.0 Å². The first-order chi connectivity index (χ1) is 9.54. The van der Waals surface area contributed by atoms with E-state index in [1.807, 2.05) is 0 Å². The normalized spacial score (nSPS) is 21.9. The Morgan fingerprint density at radius 2 is 2.00 bits per heavy atom. The summed E-state index contributed by atoms with van der Waals surface area (Å²) in [5.41, 5.74) is 1.46. The van der Waals surface area contributed by atoms with E-state index in [4.69, 9.17) is 0 Å². The van der Waals surface area contributed by atoms with Gasteiger partial charge in [0.1, 0.15) is 5.56 Å². The minimum atomic E-state index is -0.992. The quantitative estimate of drug-likeness (QED) is 0.758. The molecule has 1 aliphatic rings. The molecule has 1 saturated carbocycles. The molecule has 0 saturated heterocycles. The fraction of sp³-hybridized carbons (Fsp3) is 0.643. The number of carbonyl (C=O) groups is 1. The molecule has 0 spiro atoms. The van der Waals surface area contributed by atoms with Crippen molar-refractivity contribution in [3.8, 4) is 0 Å². The Hall–Kier alpha value is -1.69. The van der Waals surface area contributed by atoms with Crippen molar-refractivity contribution in [2.45, 2.75) is 33.1 Å². The lowest BCUT2D eigenvalue weighted by Gasteiger charge is -2.19. The second-order valence-corrected chi connectivity index (χ2v) is 5.45. The number of aromatic carboxylic acids is 1. The largest absolute Gasteiger partial charge is 0.478 e. The van der Waals surface area contributed by atoms with Gasteiger partial charge >= 0.3 is 5.97 Å². The number of aromatic nitrogens is 2. The standard InChI is InChI=1S/C14H21N3O3/c1-8-9(2)16-17-13(12(8)14(19)20)15-6-10-4-3-5-11(10)7-18/h10-11,18H,3-7H2,1-2H3,(H,15,17)(H,19,20). The van der Waals surface area contributed by atoms with E-state index in [0.717, 1.165) is 19.3 Å². The lowest BCUT2D eigenvalue weighted by atomic mass is 9.97. The molecule has 20 heavy (non-hydrogen) atoms. The van der Waals surface area contributed by atoms with Crippen LogP contribution in [0.5, 0.6) is 0 Å². The number of aliphatic hydroxyl groups is 1. The van der Waals surface area contributed by atoms with Crippen molar-refractivity contribution in [1.82, 2.24) is 10.2 Å². The molecule has 1 heterocycles. The van der Waals surface area contributed by atoms with Crippen molar-refractivity contribution in [3.63, 3.8) is 0 Å². The first-order valence-electron chi connectivity index (χ1n) is 6.96. The van der Waals surface area contributed by atoms with E-state index in [9.17, 15) is 15.0 Å². The van der Waals surface area contributed by atoms with Gasteiger partial charge in [-0.15, -0.1) is 5.10 Å². The molecule has 1 aromatic heterocycles. The average Bonchev–Trinajstić information content (AvgIpc) is 2.87. The lowest BCUT2D eigenvalue weighted by molar-refractivity contribution is 0.0696. The highest BCUT2D eigenvalue weighted by Crippen LogP contribution is 2.31. The number of nitrogens with zero attached hydrogens (tertiary/aromatic N) is 2. The number of aryl methyl sites for hydroxylation is 1. The van der Waals surface area contributed by atoms with Crippen LogP contribution in [-0.2, 0) is 0 Å². The van der Waals surface area contributed by atoms with Crippen LogP contribution < -0.4 is 5.32 Å². The Morgan fingerprint density at radius 3 is 2.65 bits per heavy atom. The number of aliphatic hydroxyl groups excluding tert-OH is 1. The predicted octanol–water partition coefficient (Wildman–Crippen LogP) is 1.61. The SMILES string of the molecule is Cc1nnc(NCC2CCCC2CO)c(C(=O)O)c1C. The summed E-state index contributed by atoms with van der Waals surface area (Å²) < 4.78 is 0. The topological polar surface area (TPSA) is 95.3 Å². The molecule has 1 fully saturated rings. The Balaban J connectivity index is 2.13. The summed E-state index contributed by atoms with van der Waals surface area (Å²) in [5.74, 6) is -0.00217. The number of hydrogen-bond donors (Lipinski definition) is 3. The van der Waals surface area contributed by atoms with Gasteiger partial charge in [-0.2, -0.15) is 5.10 Å². The highest BCUT2D eigenvalue weighted by molar-refractivity contribution is 5.94. The van der Waals surface area contributed by atoms with Gasteiger partial charge in [-0.1, -0.05) is 6.42 Å². The summed E-state index contributed by atoms with van der Waals surface area (Å²) in [6.45, 7) is 4.31. The fourth-order valence-corrected chi connectivity index (χ4v) is 2.84. The zero-order valence-electron chi connectivity index (χ0n) is 11.9. The fourth-order valence-electron chi connectivity index (χ4n) is 2.84. The Kier molecular flexibility index (Phi) is 4.54. The summed E-state index contributed by atoms with van der Waals surface area (Å²) in [6, 6.07) is 0. The van der Waals surface area contributed by atoms with Gasteiger partial charge in [-0.25, -0.2) is 4.79 Å². The monoisotopic (exact) mass is 279 g/mol. The summed E-state index contributed by atoms with van der Waals surface area (Å²) in [7, 11) is 0. The van der Waals surface area contributed by atoms with Crippen molar-refractivity contribution in [3.05, 3.63) is 16.8 Å². The molecular formula is C14H21N3O3. The molecule has 3 N–H and O–H groups in total. The Labute approximate surface area is 118 Å². The zero-order chi connectivity index (χ0) is 14.7. The number of hydrogen-bond acceptors (Lipinski definition) is 5. The van der Waals surface area contributed by atoms with Gasteiger partial charge in [0.15, 0.2) is 5.82 Å². The van der Waals surface area contributed by atoms with Crippen LogP contribution in [0.1, 0.15) is 40.9 Å². The van der Waals surface area contributed by atoms with E-state index in [0.29, 0.717) is 35.5 Å². The molecule has 0 aromatic carbocycles. The van der Waals surface area contributed by atoms with Crippen molar-refractivity contribution in [2.24, 2.45) is 11.8 Å². The number of nitrogens with one attached hydrogen (secondary N) is 1. The molecule has 1 aliphatic carbocycles. The second kappa shape index (κ2) is 6.17. The van der Waals surface area contributed by atoms with Crippen molar-refractivity contribution in [1.29, 1.82) is 0 Å². The van der Waals surface area contributed by atoms with Crippen LogP contribution >= 0.6 is 0 Å². The zero-order valence-corrected chi connectivity index (χ0v) is 11.9. The minimum Gasteiger partial charge on any atom is -0.478 e. The van der Waals surface area contributed by atoms with Gasteiger partial charge in [0, 0.05) is 13.2 Å². The van der Waals surface area contributed by atoms with Crippen LogP contribution in [0.4, 0.5) is 5.82 Å². The predicted molar refractivity (Wildman–Crippen MR) is 74.9 cm³/mol. The third kappa shape index (κ3) is 2.90. The van der Waals surface area contributed by atoms with Gasteiger partial charge < -0.3 is 15.5 Å². The van der Waals surface area contributed by atoms with Gasteiger partial charge in [-0.05, 0) is 44.1 Å². The van der Waals surface area contributed by atoms with Crippen LogP contribution in [0.3, 0.4) is 0 Å². The second-order valence-electron chi connectivity index (χ2n) is 5.45. The first kappa shape index (κ1) is 14.7. The average molecular weight is 279 g/mol. The summed E-state index contributed by atoms with van der Waals surface area (Å²) in [5, 5.41) is 29.7. The maximum Gasteiger partial charge on any atom is 0.339 e. The highest BCUT2D eigenvalue weighted by Gasteiger charge is 2.27. The van der Waals surface area contributed by atoms with Gasteiger partial charge in [0.05, 0.1) is 5.69 Å². The molecule has 110 valence electrons. The number of anilines is 1. The molecule has 0 amide bonds. The molecule has 0 radical (unpaired) electrons. The maximum absolute atomic E-state index is 11.4. The van der Waals surface area contributed by atoms with Gasteiger partial charge in [0.25, 0.3) is 0 Å². The van der Waals surface area contributed by atoms with E-state index in [-0.39, 0.29) is 12.2 Å². The first-order valence-corrected chi connectivity index (χ1v) is 6.96. The van der Waals surface area contributed by atoms with Gasteiger partial charge in [-0.3, -0.25) is 0 Å². The minimum absolute atomic E-state index is 0.191. The van der Waals surface area contributed by atoms with Crippen molar-refractivity contribution in [2.75, 3.05) is 18.5 Å². The number of rotatable bonds is 5. The molecular weight excluding hydrogens is 258 g/mol. The molecule has 6 nitrogen and oxygen atoms in total. The molecule has 0 aliphatic heterocycles. The van der Waals surface area contributed by atoms with E-state index in [2.05, 4.69) is 15.5 Å². The third-order valence-corrected chi connectivity index (χ3v) is 4.25. The van der Waals surface area contributed by atoms with E-state index < -0.39 is 5.97 Å². The maximum atomic E-state index is 11.4. The molecule has 1 aromatic rings. The van der Waals surface area contributed by atoms with Crippen LogP contribution in [0, 0.1) is 25.7 Å². The number of carboxylic acid groups (broad SMARTS) is 1. The third-order valence-electron chi connectivity index (χ3n) is 4.25. The summed E-state index contributed by atoms with van der Waals surface area (Å²) in [4.78, 5) is 11.4. The molecule has 2 rings (SSSR count). The number of carboxylic acids is 1. The van der Waals surface area contributed by atoms with E-state index in [1.165, 1.54) is 0 Å². The highest BCUT2D eigenvalue weighted by atomic mass is 16.4. The molecule has 0 bridgehead atoms. The molecule has 2 atom stereocenters. The smallest absolute Gasteiger partial charge is 0.339 e. The van der Waals surface area contributed by atoms with Crippen LogP contribution in [0.15, 0.2) is 0 Å². The van der Waals surface area contributed by atoms with Crippen LogP contribution in [0.2, 0.25) is 0 Å². The van der Waals surface area contributed by atoms with Crippen LogP contribution in [-0.4, -0.2) is 39.5 Å². The van der Waals surface area contributed by atoms with E-state index in [1.54, 1.807) is 13.8 Å². The van der Waals surface area contributed by atoms with Gasteiger partial charge in [0.2, 0.25) is 0 Å². The summed E-state index contributed by atoms with van der Waals surface area (Å²) in [6.07, 6.45) is 3.20. The van der Waals surface area contributed by atoms with E-state index >= 15 is 0 Å². The van der Waals surface area contributed by atoms with Crippen molar-refractivity contribution >= 4 is 11.8 Å². The summed E-state index contributed by atoms with van der Waals surface area (Å²) >= 11 is 0. The Morgan fingerprint density at radius 1 is 1.30 bits per heavy atom.